The molecule has 134 valence electrons. The van der Waals surface area contributed by atoms with Gasteiger partial charge in [0, 0.05) is 16.8 Å². The van der Waals surface area contributed by atoms with Crippen LogP contribution in [0.5, 0.6) is 0 Å². The molecule has 1 atom stereocenters. The molecule has 2 aliphatic carbocycles. The number of primary amides is 1. The number of hydrogen-bond donors (Lipinski definition) is 2. The summed E-state index contributed by atoms with van der Waals surface area (Å²) in [5.41, 5.74) is 6.82. The van der Waals surface area contributed by atoms with Gasteiger partial charge < -0.3 is 11.1 Å². The van der Waals surface area contributed by atoms with Crippen molar-refractivity contribution >= 4 is 33.3 Å². The molecule has 2 aromatic heterocycles. The predicted molar refractivity (Wildman–Crippen MR) is 102 cm³/mol. The van der Waals surface area contributed by atoms with Crippen molar-refractivity contribution in [1.82, 2.24) is 9.97 Å². The van der Waals surface area contributed by atoms with Crippen LogP contribution >= 0.6 is 11.3 Å². The maximum atomic E-state index is 11.7. The van der Waals surface area contributed by atoms with Gasteiger partial charge in [-0.25, -0.2) is 9.97 Å². The molecule has 2 aliphatic rings. The van der Waals surface area contributed by atoms with Gasteiger partial charge in [0.25, 0.3) is 0 Å². The molecular weight excluding hydrogens is 332 g/mol. The van der Waals surface area contributed by atoms with Crippen LogP contribution in [0.2, 0.25) is 0 Å². The molecule has 2 aromatic rings. The SMILES string of the molecule is CCC1CCC(Nc2ncnc3sc4c(c23)C[C@H](C(N)=O)CC4)CC1. The van der Waals surface area contributed by atoms with Crippen molar-refractivity contribution in [2.75, 3.05) is 5.32 Å². The molecule has 25 heavy (non-hydrogen) atoms. The second-order valence-electron chi connectivity index (χ2n) is 7.52. The molecule has 0 aromatic carbocycles. The summed E-state index contributed by atoms with van der Waals surface area (Å²) in [6.07, 6.45) is 10.5. The Balaban J connectivity index is 1.62. The Morgan fingerprint density at radius 3 is 2.80 bits per heavy atom. The van der Waals surface area contributed by atoms with Crippen molar-refractivity contribution in [3.05, 3.63) is 16.8 Å². The second kappa shape index (κ2) is 6.90. The van der Waals surface area contributed by atoms with E-state index < -0.39 is 0 Å². The summed E-state index contributed by atoms with van der Waals surface area (Å²) in [5.74, 6) is 1.59. The van der Waals surface area contributed by atoms with Crippen molar-refractivity contribution in [3.63, 3.8) is 0 Å². The molecule has 0 bridgehead atoms. The van der Waals surface area contributed by atoms with Crippen molar-refractivity contribution < 1.29 is 4.79 Å². The highest BCUT2D eigenvalue weighted by Crippen LogP contribution is 2.40. The first-order valence-corrected chi connectivity index (χ1v) is 10.3. The van der Waals surface area contributed by atoms with E-state index in [1.54, 1.807) is 17.7 Å². The number of amides is 1. The van der Waals surface area contributed by atoms with Crippen molar-refractivity contribution in [1.29, 1.82) is 0 Å². The zero-order valence-corrected chi connectivity index (χ0v) is 15.6. The summed E-state index contributed by atoms with van der Waals surface area (Å²) in [6, 6.07) is 0.493. The fraction of sp³-hybridized carbons (Fsp3) is 0.632. The van der Waals surface area contributed by atoms with Crippen LogP contribution in [0.1, 0.15) is 55.9 Å². The number of aromatic nitrogens is 2. The zero-order chi connectivity index (χ0) is 17.4. The number of carbonyl (C=O) groups is 1. The maximum Gasteiger partial charge on any atom is 0.220 e. The number of anilines is 1. The fourth-order valence-electron chi connectivity index (χ4n) is 4.37. The van der Waals surface area contributed by atoms with E-state index in [1.165, 1.54) is 42.5 Å². The minimum absolute atomic E-state index is 0.0571. The number of nitrogens with one attached hydrogen (secondary N) is 1. The number of nitrogens with two attached hydrogens (primary N) is 1. The number of aryl methyl sites for hydroxylation is 1. The summed E-state index contributed by atoms with van der Waals surface area (Å²) in [5, 5.41) is 4.82. The van der Waals surface area contributed by atoms with Crippen molar-refractivity contribution in [3.8, 4) is 0 Å². The topological polar surface area (TPSA) is 80.9 Å². The number of fused-ring (bicyclic) bond motifs is 3. The van der Waals surface area contributed by atoms with E-state index in [9.17, 15) is 4.79 Å². The Hall–Kier alpha value is -1.69. The lowest BCUT2D eigenvalue weighted by atomic mass is 9.84. The van der Waals surface area contributed by atoms with Gasteiger partial charge in [-0.2, -0.15) is 0 Å². The van der Waals surface area contributed by atoms with Crippen LogP contribution in [0.4, 0.5) is 5.82 Å². The van der Waals surface area contributed by atoms with E-state index in [0.717, 1.165) is 41.2 Å². The summed E-state index contributed by atoms with van der Waals surface area (Å²) in [6.45, 7) is 2.29. The highest BCUT2D eigenvalue weighted by Gasteiger charge is 2.29. The van der Waals surface area contributed by atoms with Gasteiger partial charge in [-0.05, 0) is 56.4 Å². The summed E-state index contributed by atoms with van der Waals surface area (Å²) in [4.78, 5) is 23.1. The Kier molecular flexibility index (Phi) is 4.63. The van der Waals surface area contributed by atoms with Gasteiger partial charge in [-0.1, -0.05) is 13.3 Å². The minimum atomic E-state index is -0.186. The van der Waals surface area contributed by atoms with E-state index in [-0.39, 0.29) is 11.8 Å². The van der Waals surface area contributed by atoms with E-state index in [2.05, 4.69) is 22.2 Å². The Morgan fingerprint density at radius 1 is 1.28 bits per heavy atom. The lowest BCUT2D eigenvalue weighted by molar-refractivity contribution is -0.122. The molecule has 0 spiro atoms. The molecule has 1 fully saturated rings. The number of carbonyl (C=O) groups excluding carboxylic acids is 1. The molecule has 2 heterocycles. The van der Waals surface area contributed by atoms with E-state index >= 15 is 0 Å². The monoisotopic (exact) mass is 358 g/mol. The van der Waals surface area contributed by atoms with Crippen LogP contribution in [0, 0.1) is 11.8 Å². The van der Waals surface area contributed by atoms with Gasteiger partial charge in [0.1, 0.15) is 17.0 Å². The van der Waals surface area contributed by atoms with Gasteiger partial charge in [0.15, 0.2) is 0 Å². The third kappa shape index (κ3) is 3.24. The first-order valence-electron chi connectivity index (χ1n) is 9.46. The first kappa shape index (κ1) is 16.8. The van der Waals surface area contributed by atoms with Crippen molar-refractivity contribution in [2.24, 2.45) is 17.6 Å². The van der Waals surface area contributed by atoms with Crippen LogP contribution in [0.15, 0.2) is 6.33 Å². The third-order valence-electron chi connectivity index (χ3n) is 6.01. The smallest absolute Gasteiger partial charge is 0.220 e. The Bertz CT molecular complexity index is 779. The molecule has 6 heteroatoms. The van der Waals surface area contributed by atoms with Gasteiger partial charge in [0.05, 0.1) is 5.39 Å². The van der Waals surface area contributed by atoms with Crippen molar-refractivity contribution in [2.45, 2.75) is 64.3 Å². The normalized spacial score (nSPS) is 26.4. The van der Waals surface area contributed by atoms with Crippen LogP contribution < -0.4 is 11.1 Å². The highest BCUT2D eigenvalue weighted by atomic mass is 32.1. The summed E-state index contributed by atoms with van der Waals surface area (Å²) >= 11 is 1.75. The zero-order valence-electron chi connectivity index (χ0n) is 14.8. The predicted octanol–water partition coefficient (Wildman–Crippen LogP) is 3.66. The van der Waals surface area contributed by atoms with Gasteiger partial charge in [0.2, 0.25) is 5.91 Å². The highest BCUT2D eigenvalue weighted by molar-refractivity contribution is 7.19. The second-order valence-corrected chi connectivity index (χ2v) is 8.60. The lowest BCUT2D eigenvalue weighted by Crippen LogP contribution is -2.28. The van der Waals surface area contributed by atoms with Crippen LogP contribution in [-0.4, -0.2) is 21.9 Å². The Labute approximate surface area is 152 Å². The molecule has 5 nitrogen and oxygen atoms in total. The average molecular weight is 359 g/mol. The maximum absolute atomic E-state index is 11.7. The van der Waals surface area contributed by atoms with Gasteiger partial charge in [-0.3, -0.25) is 4.79 Å². The largest absolute Gasteiger partial charge is 0.369 e. The first-order chi connectivity index (χ1) is 12.2. The molecule has 0 saturated heterocycles. The Morgan fingerprint density at radius 2 is 2.08 bits per heavy atom. The molecule has 0 unspecified atom stereocenters. The molecular formula is C19H26N4OS. The molecule has 3 N–H and O–H groups in total. The molecule has 4 rings (SSSR count). The summed E-state index contributed by atoms with van der Waals surface area (Å²) < 4.78 is 0. The number of nitrogens with zero attached hydrogens (tertiary/aromatic N) is 2. The molecule has 0 radical (unpaired) electrons. The van der Waals surface area contributed by atoms with E-state index in [1.807, 2.05) is 0 Å². The van der Waals surface area contributed by atoms with E-state index in [4.69, 9.17) is 5.73 Å². The van der Waals surface area contributed by atoms with Crippen LogP contribution in [0.3, 0.4) is 0 Å². The minimum Gasteiger partial charge on any atom is -0.369 e. The molecule has 1 amide bonds. The third-order valence-corrected chi connectivity index (χ3v) is 7.21. The quantitative estimate of drug-likeness (QED) is 0.874. The standard InChI is InChI=1S/C19H26N4OS/c1-2-11-3-6-13(7-4-11)23-18-16-14-9-12(17(20)24)5-8-15(14)25-19(16)22-10-21-18/h10-13H,2-9H2,1H3,(H2,20,24)(H,21,22,23)/t11?,12-,13?/m1/s1. The number of hydrogen-bond acceptors (Lipinski definition) is 5. The van der Waals surface area contributed by atoms with Crippen LogP contribution in [-0.2, 0) is 17.6 Å². The fourth-order valence-corrected chi connectivity index (χ4v) is 5.55. The summed E-state index contributed by atoms with van der Waals surface area (Å²) in [7, 11) is 0. The van der Waals surface area contributed by atoms with E-state index in [0.29, 0.717) is 6.04 Å². The van der Waals surface area contributed by atoms with Gasteiger partial charge >= 0.3 is 0 Å². The average Bonchev–Trinajstić information content (AvgIpc) is 3.01. The lowest BCUT2D eigenvalue weighted by Gasteiger charge is -2.29. The molecule has 0 aliphatic heterocycles. The molecule has 1 saturated carbocycles. The van der Waals surface area contributed by atoms with Gasteiger partial charge in [-0.15, -0.1) is 11.3 Å². The number of rotatable bonds is 4. The number of thiophene rings is 1. The van der Waals surface area contributed by atoms with Crippen LogP contribution in [0.25, 0.3) is 10.2 Å².